The number of allylic oxidation sites excluding steroid dienone is 8. The number of aliphatic hydroxyl groups is 1. The SMILES string of the molecule is CCCCCC=CCC=CCC=CCC=CCCCCNCCO. The summed E-state index contributed by atoms with van der Waals surface area (Å²) in [5.74, 6) is 0. The number of rotatable bonds is 17. The molecular weight excluding hydrogens is 294 g/mol. The fraction of sp³-hybridized carbons (Fsp3) is 0.636. The normalized spacial score (nSPS) is 12.6. The molecule has 0 aromatic rings. The Balaban J connectivity index is 3.33. The summed E-state index contributed by atoms with van der Waals surface area (Å²) < 4.78 is 0. The third-order valence-corrected chi connectivity index (χ3v) is 3.72. The van der Waals surface area contributed by atoms with E-state index < -0.39 is 0 Å². The minimum atomic E-state index is 0.233. The molecule has 0 aliphatic heterocycles. The minimum absolute atomic E-state index is 0.233. The highest BCUT2D eigenvalue weighted by atomic mass is 16.3. The minimum Gasteiger partial charge on any atom is -0.395 e. The Morgan fingerprint density at radius 2 is 1.12 bits per heavy atom. The van der Waals surface area contributed by atoms with E-state index in [1.165, 1.54) is 38.5 Å². The number of unbranched alkanes of at least 4 members (excludes halogenated alkanes) is 5. The van der Waals surface area contributed by atoms with Gasteiger partial charge in [-0.2, -0.15) is 0 Å². The Labute approximate surface area is 150 Å². The molecule has 0 bridgehead atoms. The van der Waals surface area contributed by atoms with Crippen LogP contribution in [0.3, 0.4) is 0 Å². The Morgan fingerprint density at radius 3 is 1.62 bits per heavy atom. The van der Waals surface area contributed by atoms with Crippen molar-refractivity contribution >= 4 is 0 Å². The van der Waals surface area contributed by atoms with Crippen LogP contribution in [-0.4, -0.2) is 24.8 Å². The van der Waals surface area contributed by atoms with Gasteiger partial charge in [-0.3, -0.25) is 0 Å². The molecule has 0 atom stereocenters. The molecule has 0 heterocycles. The van der Waals surface area contributed by atoms with E-state index in [1.54, 1.807) is 0 Å². The van der Waals surface area contributed by atoms with Crippen molar-refractivity contribution in [3.8, 4) is 0 Å². The number of nitrogens with one attached hydrogen (secondary N) is 1. The summed E-state index contributed by atoms with van der Waals surface area (Å²) >= 11 is 0. The highest BCUT2D eigenvalue weighted by Gasteiger charge is 1.86. The van der Waals surface area contributed by atoms with Crippen molar-refractivity contribution in [2.45, 2.75) is 71.1 Å². The molecular formula is C22H39NO. The molecule has 0 saturated carbocycles. The summed E-state index contributed by atoms with van der Waals surface area (Å²) in [5.41, 5.74) is 0. The van der Waals surface area contributed by atoms with Gasteiger partial charge in [0.2, 0.25) is 0 Å². The van der Waals surface area contributed by atoms with E-state index in [1.807, 2.05) is 0 Å². The number of aliphatic hydroxyl groups excluding tert-OH is 1. The predicted octanol–water partition coefficient (Wildman–Crippen LogP) is 5.71. The van der Waals surface area contributed by atoms with Crippen molar-refractivity contribution in [1.29, 1.82) is 0 Å². The average Bonchev–Trinajstić information content (AvgIpc) is 2.60. The van der Waals surface area contributed by atoms with E-state index in [0.29, 0.717) is 6.54 Å². The zero-order valence-electron chi connectivity index (χ0n) is 15.8. The molecule has 2 N–H and O–H groups in total. The zero-order valence-corrected chi connectivity index (χ0v) is 15.8. The van der Waals surface area contributed by atoms with Gasteiger partial charge in [0, 0.05) is 6.54 Å². The van der Waals surface area contributed by atoms with Crippen molar-refractivity contribution in [3.63, 3.8) is 0 Å². The van der Waals surface area contributed by atoms with Gasteiger partial charge in [0.05, 0.1) is 6.61 Å². The monoisotopic (exact) mass is 333 g/mol. The lowest BCUT2D eigenvalue weighted by Crippen LogP contribution is -2.19. The Hall–Kier alpha value is -1.12. The zero-order chi connectivity index (χ0) is 17.6. The average molecular weight is 334 g/mol. The van der Waals surface area contributed by atoms with Crippen LogP contribution in [0.2, 0.25) is 0 Å². The van der Waals surface area contributed by atoms with Crippen LogP contribution in [-0.2, 0) is 0 Å². The first-order valence-electron chi connectivity index (χ1n) is 9.83. The van der Waals surface area contributed by atoms with Crippen LogP contribution >= 0.6 is 0 Å². The highest BCUT2D eigenvalue weighted by molar-refractivity contribution is 4.99. The van der Waals surface area contributed by atoms with Gasteiger partial charge in [0.15, 0.2) is 0 Å². The maximum absolute atomic E-state index is 8.63. The number of hydrogen-bond donors (Lipinski definition) is 2. The quantitative estimate of drug-likeness (QED) is 0.264. The van der Waals surface area contributed by atoms with Gasteiger partial charge in [-0.1, -0.05) is 68.4 Å². The first-order valence-corrected chi connectivity index (χ1v) is 9.83. The molecule has 0 aromatic heterocycles. The molecule has 0 spiro atoms. The van der Waals surface area contributed by atoms with Gasteiger partial charge < -0.3 is 10.4 Å². The second-order valence-electron chi connectivity index (χ2n) is 6.06. The molecule has 2 heteroatoms. The van der Waals surface area contributed by atoms with Gasteiger partial charge in [0.25, 0.3) is 0 Å². The van der Waals surface area contributed by atoms with E-state index in [4.69, 9.17) is 5.11 Å². The fourth-order valence-electron chi connectivity index (χ4n) is 2.28. The molecule has 24 heavy (non-hydrogen) atoms. The summed E-state index contributed by atoms with van der Waals surface area (Å²) in [6.07, 6.45) is 30.0. The van der Waals surface area contributed by atoms with Crippen LogP contribution in [0.25, 0.3) is 0 Å². The van der Waals surface area contributed by atoms with Crippen molar-refractivity contribution in [2.24, 2.45) is 0 Å². The molecule has 0 saturated heterocycles. The molecule has 0 aliphatic rings. The highest BCUT2D eigenvalue weighted by Crippen LogP contribution is 2.01. The first kappa shape index (κ1) is 22.9. The predicted molar refractivity (Wildman–Crippen MR) is 108 cm³/mol. The third kappa shape index (κ3) is 20.9. The van der Waals surface area contributed by atoms with Crippen LogP contribution in [0.4, 0.5) is 0 Å². The molecule has 138 valence electrons. The van der Waals surface area contributed by atoms with Crippen molar-refractivity contribution in [3.05, 3.63) is 48.6 Å². The second-order valence-corrected chi connectivity index (χ2v) is 6.06. The van der Waals surface area contributed by atoms with E-state index in [-0.39, 0.29) is 6.61 Å². The van der Waals surface area contributed by atoms with Crippen molar-refractivity contribution < 1.29 is 5.11 Å². The van der Waals surface area contributed by atoms with Crippen LogP contribution in [0, 0.1) is 0 Å². The van der Waals surface area contributed by atoms with Crippen LogP contribution < -0.4 is 5.32 Å². The van der Waals surface area contributed by atoms with E-state index in [2.05, 4.69) is 60.8 Å². The largest absolute Gasteiger partial charge is 0.395 e. The van der Waals surface area contributed by atoms with Crippen LogP contribution in [0.15, 0.2) is 48.6 Å². The summed E-state index contributed by atoms with van der Waals surface area (Å²) in [5, 5.41) is 11.8. The first-order chi connectivity index (χ1) is 11.9. The smallest absolute Gasteiger partial charge is 0.0555 e. The van der Waals surface area contributed by atoms with Crippen molar-refractivity contribution in [2.75, 3.05) is 19.7 Å². The molecule has 0 amide bonds. The molecule has 0 aliphatic carbocycles. The Bertz CT molecular complexity index is 342. The van der Waals surface area contributed by atoms with Gasteiger partial charge in [0.1, 0.15) is 0 Å². The summed E-state index contributed by atoms with van der Waals surface area (Å²) in [6.45, 7) is 4.20. The van der Waals surface area contributed by atoms with Gasteiger partial charge in [-0.25, -0.2) is 0 Å². The fourth-order valence-corrected chi connectivity index (χ4v) is 2.28. The topological polar surface area (TPSA) is 32.3 Å². The third-order valence-electron chi connectivity index (χ3n) is 3.72. The maximum Gasteiger partial charge on any atom is 0.0555 e. The Morgan fingerprint density at radius 1 is 0.625 bits per heavy atom. The Kier molecular flexibility index (Phi) is 20.9. The molecule has 0 fully saturated rings. The lowest BCUT2D eigenvalue weighted by atomic mass is 10.2. The second kappa shape index (κ2) is 21.9. The summed E-state index contributed by atoms with van der Waals surface area (Å²) in [7, 11) is 0. The van der Waals surface area contributed by atoms with Gasteiger partial charge >= 0.3 is 0 Å². The lowest BCUT2D eigenvalue weighted by Gasteiger charge is -2.00. The summed E-state index contributed by atoms with van der Waals surface area (Å²) in [6, 6.07) is 0. The number of hydrogen-bond acceptors (Lipinski definition) is 2. The van der Waals surface area contributed by atoms with Gasteiger partial charge in [-0.15, -0.1) is 0 Å². The van der Waals surface area contributed by atoms with E-state index >= 15 is 0 Å². The lowest BCUT2D eigenvalue weighted by molar-refractivity contribution is 0.292. The summed E-state index contributed by atoms with van der Waals surface area (Å²) in [4.78, 5) is 0. The van der Waals surface area contributed by atoms with Crippen LogP contribution in [0.1, 0.15) is 71.1 Å². The van der Waals surface area contributed by atoms with Gasteiger partial charge in [-0.05, 0) is 57.9 Å². The van der Waals surface area contributed by atoms with Crippen molar-refractivity contribution in [1.82, 2.24) is 5.32 Å². The molecule has 0 radical (unpaired) electrons. The molecule has 0 aromatic carbocycles. The van der Waals surface area contributed by atoms with E-state index in [0.717, 1.165) is 32.2 Å². The van der Waals surface area contributed by atoms with E-state index in [9.17, 15) is 0 Å². The van der Waals surface area contributed by atoms with Crippen LogP contribution in [0.5, 0.6) is 0 Å². The molecule has 0 rings (SSSR count). The molecule has 0 unspecified atom stereocenters. The standard InChI is InChI=1S/C22H39NO/c1-2-3-4-5-6-7-8-9-10-11-12-13-14-15-16-17-18-19-20-23-21-22-24/h6-7,9-10,12-13,15-16,23-24H,2-5,8,11,14,17-22H2,1H3. The maximum atomic E-state index is 8.63. The molecule has 2 nitrogen and oxygen atoms in total.